The first-order chi connectivity index (χ1) is 10.6. The van der Waals surface area contributed by atoms with E-state index in [0.29, 0.717) is 12.0 Å². The lowest BCUT2D eigenvalue weighted by Crippen LogP contribution is -2.44. The molecule has 0 bridgehead atoms. The molecule has 2 N–H and O–H groups in total. The fraction of sp³-hybridized carbons (Fsp3) is 0.389. The third kappa shape index (κ3) is 4.13. The van der Waals surface area contributed by atoms with Crippen LogP contribution >= 0.6 is 0 Å². The smallest absolute Gasteiger partial charge is 0.191 e. The van der Waals surface area contributed by atoms with Gasteiger partial charge < -0.3 is 15.2 Å². The Labute approximate surface area is 133 Å². The first kappa shape index (κ1) is 16.1. The fourth-order valence-electron chi connectivity index (χ4n) is 2.43. The molecule has 0 radical (unpaired) electrons. The number of benzene rings is 1. The van der Waals surface area contributed by atoms with Crippen LogP contribution in [-0.4, -0.2) is 23.6 Å². The molecule has 22 heavy (non-hydrogen) atoms. The zero-order chi connectivity index (χ0) is 15.9. The molecule has 1 aromatic heterocycles. The average Bonchev–Trinajstić information content (AvgIpc) is 2.96. The number of nitrogens with one attached hydrogen (secondary N) is 2. The minimum Gasteiger partial charge on any atom is -0.353 e. The highest BCUT2D eigenvalue weighted by molar-refractivity contribution is 5.80. The molecule has 2 atom stereocenters. The van der Waals surface area contributed by atoms with E-state index in [1.54, 1.807) is 7.05 Å². The lowest BCUT2D eigenvalue weighted by Gasteiger charge is -2.24. The summed E-state index contributed by atoms with van der Waals surface area (Å²) in [6.07, 6.45) is 2.05. The molecule has 4 heteroatoms. The summed E-state index contributed by atoms with van der Waals surface area (Å²) >= 11 is 0. The van der Waals surface area contributed by atoms with Crippen LogP contribution in [0, 0.1) is 0 Å². The topological polar surface area (TPSA) is 41.4 Å². The van der Waals surface area contributed by atoms with Crippen LogP contribution in [0.15, 0.2) is 53.7 Å². The van der Waals surface area contributed by atoms with Crippen molar-refractivity contribution in [3.05, 3.63) is 59.9 Å². The largest absolute Gasteiger partial charge is 0.353 e. The zero-order valence-corrected chi connectivity index (χ0v) is 13.9. The van der Waals surface area contributed by atoms with Gasteiger partial charge in [-0.3, -0.25) is 4.99 Å². The van der Waals surface area contributed by atoms with Gasteiger partial charge >= 0.3 is 0 Å². The first-order valence-corrected chi connectivity index (χ1v) is 7.74. The monoisotopic (exact) mass is 298 g/mol. The van der Waals surface area contributed by atoms with Gasteiger partial charge in [0.05, 0.1) is 6.54 Å². The summed E-state index contributed by atoms with van der Waals surface area (Å²) in [5.41, 5.74) is 2.56. The Morgan fingerprint density at radius 3 is 2.45 bits per heavy atom. The van der Waals surface area contributed by atoms with Crippen LogP contribution in [0.2, 0.25) is 0 Å². The van der Waals surface area contributed by atoms with Crippen molar-refractivity contribution < 1.29 is 0 Å². The van der Waals surface area contributed by atoms with Crippen molar-refractivity contribution in [1.82, 2.24) is 15.2 Å². The highest BCUT2D eigenvalue weighted by Gasteiger charge is 2.15. The van der Waals surface area contributed by atoms with Crippen LogP contribution in [0.25, 0.3) is 0 Å². The Bertz CT molecular complexity index is 601. The molecule has 4 nitrogen and oxygen atoms in total. The van der Waals surface area contributed by atoms with Crippen LogP contribution in [0.1, 0.15) is 31.0 Å². The van der Waals surface area contributed by atoms with E-state index in [1.807, 2.05) is 19.3 Å². The standard InChI is InChI=1S/C18H26N4/c1-14(16-9-6-5-7-10-16)15(2)21-18(19-3)20-13-17-11-8-12-22(17)4/h5-12,14-15H,13H2,1-4H3,(H2,19,20,21). The number of rotatable bonds is 5. The molecule has 0 fully saturated rings. The van der Waals surface area contributed by atoms with Gasteiger partial charge in [-0.2, -0.15) is 0 Å². The average molecular weight is 298 g/mol. The first-order valence-electron chi connectivity index (χ1n) is 7.74. The van der Waals surface area contributed by atoms with Crippen molar-refractivity contribution in [2.45, 2.75) is 32.4 Å². The Balaban J connectivity index is 1.91. The number of hydrogen-bond acceptors (Lipinski definition) is 1. The van der Waals surface area contributed by atoms with Gasteiger partial charge in [-0.1, -0.05) is 37.3 Å². The highest BCUT2D eigenvalue weighted by Crippen LogP contribution is 2.18. The highest BCUT2D eigenvalue weighted by atomic mass is 15.2. The molecule has 0 saturated heterocycles. The van der Waals surface area contributed by atoms with E-state index in [4.69, 9.17) is 0 Å². The molecule has 0 amide bonds. The summed E-state index contributed by atoms with van der Waals surface area (Å²) in [6, 6.07) is 15.0. The Hall–Kier alpha value is -2.23. The Morgan fingerprint density at radius 2 is 1.86 bits per heavy atom. The molecule has 0 aliphatic heterocycles. The lowest BCUT2D eigenvalue weighted by molar-refractivity contribution is 0.549. The molecule has 2 rings (SSSR count). The molecule has 0 saturated carbocycles. The van der Waals surface area contributed by atoms with Crippen molar-refractivity contribution in [2.24, 2.45) is 12.0 Å². The van der Waals surface area contributed by atoms with E-state index in [9.17, 15) is 0 Å². The predicted molar refractivity (Wildman–Crippen MR) is 93.1 cm³/mol. The molecule has 0 aliphatic carbocycles. The van der Waals surface area contributed by atoms with Gasteiger partial charge in [0, 0.05) is 37.9 Å². The molecule has 2 unspecified atom stereocenters. The maximum absolute atomic E-state index is 4.32. The van der Waals surface area contributed by atoms with Crippen molar-refractivity contribution in [3.63, 3.8) is 0 Å². The second-order valence-electron chi connectivity index (χ2n) is 5.67. The second kappa shape index (κ2) is 7.69. The molecule has 2 aromatic rings. The Kier molecular flexibility index (Phi) is 5.64. The van der Waals surface area contributed by atoms with E-state index in [-0.39, 0.29) is 0 Å². The third-order valence-electron chi connectivity index (χ3n) is 4.15. The number of aliphatic imine (C=N–C) groups is 1. The van der Waals surface area contributed by atoms with E-state index < -0.39 is 0 Å². The summed E-state index contributed by atoms with van der Waals surface area (Å²) < 4.78 is 2.11. The summed E-state index contributed by atoms with van der Waals surface area (Å²) in [4.78, 5) is 4.32. The molecule has 1 aromatic carbocycles. The minimum atomic E-state index is 0.294. The van der Waals surface area contributed by atoms with E-state index >= 15 is 0 Å². The fourth-order valence-corrected chi connectivity index (χ4v) is 2.43. The van der Waals surface area contributed by atoms with Crippen molar-refractivity contribution in [1.29, 1.82) is 0 Å². The number of aromatic nitrogens is 1. The molecule has 1 heterocycles. The maximum Gasteiger partial charge on any atom is 0.191 e. The van der Waals surface area contributed by atoms with Gasteiger partial charge in [0.1, 0.15) is 0 Å². The van der Waals surface area contributed by atoms with Crippen molar-refractivity contribution in [2.75, 3.05) is 7.05 Å². The van der Waals surface area contributed by atoms with Gasteiger partial charge in [-0.25, -0.2) is 0 Å². The normalized spacial score (nSPS) is 14.5. The quantitative estimate of drug-likeness (QED) is 0.658. The van der Waals surface area contributed by atoms with Crippen LogP contribution in [0.4, 0.5) is 0 Å². The van der Waals surface area contributed by atoms with Gasteiger partial charge in [0.15, 0.2) is 5.96 Å². The van der Waals surface area contributed by atoms with E-state index in [2.05, 4.69) is 70.4 Å². The maximum atomic E-state index is 4.32. The SMILES string of the molecule is CN=C(NCc1cccn1C)NC(C)C(C)c1ccccc1. The van der Waals surface area contributed by atoms with E-state index in [0.717, 1.165) is 12.5 Å². The summed E-state index contributed by atoms with van der Waals surface area (Å²) in [6.45, 7) is 5.18. The second-order valence-corrected chi connectivity index (χ2v) is 5.67. The number of hydrogen-bond donors (Lipinski definition) is 2. The number of nitrogens with zero attached hydrogens (tertiary/aromatic N) is 2. The van der Waals surface area contributed by atoms with Gasteiger partial charge in [0.25, 0.3) is 0 Å². The zero-order valence-electron chi connectivity index (χ0n) is 13.9. The minimum absolute atomic E-state index is 0.294. The molecular weight excluding hydrogens is 272 g/mol. The number of aryl methyl sites for hydroxylation is 1. The lowest BCUT2D eigenvalue weighted by atomic mass is 9.94. The van der Waals surface area contributed by atoms with Crippen molar-refractivity contribution >= 4 is 5.96 Å². The molecule has 0 aliphatic rings. The molecule has 0 spiro atoms. The Morgan fingerprint density at radius 1 is 1.14 bits per heavy atom. The van der Waals surface area contributed by atoms with Gasteiger partial charge in [-0.15, -0.1) is 0 Å². The van der Waals surface area contributed by atoms with Crippen LogP contribution in [0.5, 0.6) is 0 Å². The van der Waals surface area contributed by atoms with Crippen LogP contribution in [0.3, 0.4) is 0 Å². The van der Waals surface area contributed by atoms with Gasteiger partial charge in [-0.05, 0) is 24.6 Å². The van der Waals surface area contributed by atoms with Gasteiger partial charge in [0.2, 0.25) is 0 Å². The molecular formula is C18H26N4. The van der Waals surface area contributed by atoms with Crippen LogP contribution < -0.4 is 10.6 Å². The summed E-state index contributed by atoms with van der Waals surface area (Å²) in [7, 11) is 3.85. The summed E-state index contributed by atoms with van der Waals surface area (Å²) in [5.74, 6) is 1.24. The van der Waals surface area contributed by atoms with E-state index in [1.165, 1.54) is 11.3 Å². The third-order valence-corrected chi connectivity index (χ3v) is 4.15. The van der Waals surface area contributed by atoms with Crippen molar-refractivity contribution in [3.8, 4) is 0 Å². The molecule has 118 valence electrons. The summed E-state index contributed by atoms with van der Waals surface area (Å²) in [5, 5.41) is 6.84. The number of guanidine groups is 1. The predicted octanol–water partition coefficient (Wildman–Crippen LogP) is 2.88. The van der Waals surface area contributed by atoms with Crippen LogP contribution in [-0.2, 0) is 13.6 Å².